The first kappa shape index (κ1) is 20.7. The van der Waals surface area contributed by atoms with Crippen molar-refractivity contribution in [1.82, 2.24) is 4.31 Å². The standard InChI is InChI=1S/C17H23ClN2O5S/c1-20(2)26(23,24)13-8-9-14(18)15(10-13)19-16(21)11-25-17(22)12-6-4-3-5-7-12/h8-10,12H,3-7,11H2,1-2H3,(H,19,21). The third-order valence-electron chi connectivity index (χ3n) is 4.27. The van der Waals surface area contributed by atoms with Crippen molar-refractivity contribution in [1.29, 1.82) is 0 Å². The second kappa shape index (κ2) is 8.83. The maximum Gasteiger partial charge on any atom is 0.309 e. The highest BCUT2D eigenvalue weighted by Gasteiger charge is 2.23. The zero-order valence-electron chi connectivity index (χ0n) is 14.8. The lowest BCUT2D eigenvalue weighted by molar-refractivity contribution is -0.152. The molecule has 7 nitrogen and oxygen atoms in total. The summed E-state index contributed by atoms with van der Waals surface area (Å²) in [6.07, 6.45) is 4.69. The summed E-state index contributed by atoms with van der Waals surface area (Å²) >= 11 is 6.02. The molecule has 0 heterocycles. The van der Waals surface area contributed by atoms with Gasteiger partial charge in [-0.1, -0.05) is 30.9 Å². The number of benzene rings is 1. The number of anilines is 1. The van der Waals surface area contributed by atoms with E-state index >= 15 is 0 Å². The second-order valence-corrected chi connectivity index (χ2v) is 8.98. The van der Waals surface area contributed by atoms with Crippen LogP contribution in [0, 0.1) is 5.92 Å². The number of sulfonamides is 1. The number of hydrogen-bond acceptors (Lipinski definition) is 5. The highest BCUT2D eigenvalue weighted by molar-refractivity contribution is 7.89. The van der Waals surface area contributed by atoms with Crippen LogP contribution in [0.5, 0.6) is 0 Å². The van der Waals surface area contributed by atoms with Gasteiger partial charge in [-0.25, -0.2) is 12.7 Å². The van der Waals surface area contributed by atoms with Crippen LogP contribution in [0.3, 0.4) is 0 Å². The molecule has 1 aromatic rings. The van der Waals surface area contributed by atoms with Crippen molar-refractivity contribution in [3.8, 4) is 0 Å². The summed E-state index contributed by atoms with van der Waals surface area (Å²) in [7, 11) is -0.835. The lowest BCUT2D eigenvalue weighted by Gasteiger charge is -2.19. The van der Waals surface area contributed by atoms with Crippen molar-refractivity contribution in [3.05, 3.63) is 23.2 Å². The number of rotatable bonds is 6. The Morgan fingerprint density at radius 1 is 1.23 bits per heavy atom. The molecule has 1 aromatic carbocycles. The van der Waals surface area contributed by atoms with Crippen molar-refractivity contribution < 1.29 is 22.7 Å². The fraction of sp³-hybridized carbons (Fsp3) is 0.529. The van der Waals surface area contributed by atoms with Crippen LogP contribution >= 0.6 is 11.6 Å². The molecular formula is C17H23ClN2O5S. The van der Waals surface area contributed by atoms with Gasteiger partial charge in [-0.05, 0) is 31.0 Å². The molecule has 0 unspecified atom stereocenters. The summed E-state index contributed by atoms with van der Waals surface area (Å²) in [6.45, 7) is -0.434. The van der Waals surface area contributed by atoms with E-state index < -0.39 is 22.5 Å². The number of nitrogens with one attached hydrogen (secondary N) is 1. The van der Waals surface area contributed by atoms with Crippen LogP contribution in [-0.2, 0) is 24.3 Å². The van der Waals surface area contributed by atoms with Crippen molar-refractivity contribution >= 4 is 39.2 Å². The highest BCUT2D eigenvalue weighted by atomic mass is 35.5. The molecule has 26 heavy (non-hydrogen) atoms. The van der Waals surface area contributed by atoms with E-state index in [4.69, 9.17) is 16.3 Å². The predicted octanol–water partition coefficient (Wildman–Crippen LogP) is 2.65. The monoisotopic (exact) mass is 402 g/mol. The first-order valence-electron chi connectivity index (χ1n) is 8.40. The Bertz CT molecular complexity index is 773. The highest BCUT2D eigenvalue weighted by Crippen LogP contribution is 2.27. The number of amides is 1. The molecule has 0 aliphatic heterocycles. The fourth-order valence-corrected chi connectivity index (χ4v) is 3.84. The molecule has 0 aromatic heterocycles. The Hall–Kier alpha value is -1.64. The third kappa shape index (κ3) is 5.18. The largest absolute Gasteiger partial charge is 0.455 e. The molecule has 9 heteroatoms. The number of carbonyl (C=O) groups is 2. The Balaban J connectivity index is 1.99. The maximum absolute atomic E-state index is 12.2. The molecular weight excluding hydrogens is 380 g/mol. The second-order valence-electron chi connectivity index (χ2n) is 6.42. The zero-order chi connectivity index (χ0) is 19.3. The minimum absolute atomic E-state index is 0.00130. The van der Waals surface area contributed by atoms with Gasteiger partial charge < -0.3 is 10.1 Å². The number of hydrogen-bond donors (Lipinski definition) is 1. The van der Waals surface area contributed by atoms with Crippen LogP contribution in [0.25, 0.3) is 0 Å². The number of ether oxygens (including phenoxy) is 1. The average molecular weight is 403 g/mol. The van der Waals surface area contributed by atoms with Crippen LogP contribution < -0.4 is 5.32 Å². The maximum atomic E-state index is 12.2. The zero-order valence-corrected chi connectivity index (χ0v) is 16.4. The molecule has 0 spiro atoms. The number of halogens is 1. The molecule has 0 atom stereocenters. The molecule has 0 bridgehead atoms. The van der Waals surface area contributed by atoms with E-state index in [1.807, 2.05) is 0 Å². The van der Waals surface area contributed by atoms with E-state index in [9.17, 15) is 18.0 Å². The van der Waals surface area contributed by atoms with Crippen LogP contribution in [-0.4, -0.2) is 45.3 Å². The Kier molecular flexibility index (Phi) is 7.02. The molecule has 1 saturated carbocycles. The van der Waals surface area contributed by atoms with Gasteiger partial charge in [0.25, 0.3) is 5.91 Å². The normalized spacial score (nSPS) is 15.7. The van der Waals surface area contributed by atoms with E-state index in [2.05, 4.69) is 5.32 Å². The van der Waals surface area contributed by atoms with Gasteiger partial charge in [0.15, 0.2) is 6.61 Å². The minimum Gasteiger partial charge on any atom is -0.455 e. The van der Waals surface area contributed by atoms with Gasteiger partial charge in [0.05, 0.1) is 21.5 Å². The molecule has 1 N–H and O–H groups in total. The van der Waals surface area contributed by atoms with Gasteiger partial charge in [-0.3, -0.25) is 9.59 Å². The van der Waals surface area contributed by atoms with E-state index in [0.717, 1.165) is 36.4 Å². The molecule has 1 aliphatic carbocycles. The molecule has 1 aliphatic rings. The van der Waals surface area contributed by atoms with Crippen molar-refractivity contribution in [2.75, 3.05) is 26.0 Å². The van der Waals surface area contributed by atoms with Gasteiger partial charge in [0.1, 0.15) is 0 Å². The first-order valence-corrected chi connectivity index (χ1v) is 10.2. The minimum atomic E-state index is -3.65. The molecule has 144 valence electrons. The Labute approximate surface area is 158 Å². The summed E-state index contributed by atoms with van der Waals surface area (Å²) in [5, 5.41) is 2.68. The summed E-state index contributed by atoms with van der Waals surface area (Å²) in [4.78, 5) is 24.0. The number of esters is 1. The fourth-order valence-electron chi connectivity index (χ4n) is 2.75. The van der Waals surface area contributed by atoms with Crippen molar-refractivity contribution in [3.63, 3.8) is 0 Å². The molecule has 0 saturated heterocycles. The first-order chi connectivity index (χ1) is 12.2. The average Bonchev–Trinajstić information content (AvgIpc) is 2.62. The van der Waals surface area contributed by atoms with Crippen LogP contribution in [0.4, 0.5) is 5.69 Å². The summed E-state index contributed by atoms with van der Waals surface area (Å²) in [6, 6.07) is 4.02. The number of nitrogens with zero attached hydrogens (tertiary/aromatic N) is 1. The topological polar surface area (TPSA) is 92.8 Å². The molecule has 0 radical (unpaired) electrons. The lowest BCUT2D eigenvalue weighted by atomic mass is 9.89. The quantitative estimate of drug-likeness (QED) is 0.738. The molecule has 1 amide bonds. The van der Waals surface area contributed by atoms with E-state index in [0.29, 0.717) is 0 Å². The van der Waals surface area contributed by atoms with Gasteiger partial charge in [0, 0.05) is 14.1 Å². The molecule has 1 fully saturated rings. The summed E-state index contributed by atoms with van der Waals surface area (Å²) in [5.74, 6) is -1.08. The van der Waals surface area contributed by atoms with E-state index in [1.165, 1.54) is 32.3 Å². The van der Waals surface area contributed by atoms with Crippen LogP contribution in [0.15, 0.2) is 23.1 Å². The summed E-state index contributed by atoms with van der Waals surface area (Å²) in [5.41, 5.74) is 0.147. The van der Waals surface area contributed by atoms with Gasteiger partial charge in [0.2, 0.25) is 10.0 Å². The van der Waals surface area contributed by atoms with Crippen LogP contribution in [0.1, 0.15) is 32.1 Å². The van der Waals surface area contributed by atoms with Crippen molar-refractivity contribution in [2.45, 2.75) is 37.0 Å². The van der Waals surface area contributed by atoms with Gasteiger partial charge in [-0.15, -0.1) is 0 Å². The number of carbonyl (C=O) groups excluding carboxylic acids is 2. The Morgan fingerprint density at radius 2 is 1.88 bits per heavy atom. The predicted molar refractivity (Wildman–Crippen MR) is 98.5 cm³/mol. The smallest absolute Gasteiger partial charge is 0.309 e. The van der Waals surface area contributed by atoms with Crippen molar-refractivity contribution in [2.24, 2.45) is 5.92 Å². The van der Waals surface area contributed by atoms with E-state index in [-0.39, 0.29) is 27.5 Å². The summed E-state index contributed by atoms with van der Waals surface area (Å²) < 4.78 is 30.5. The lowest BCUT2D eigenvalue weighted by Crippen LogP contribution is -2.26. The Morgan fingerprint density at radius 3 is 2.50 bits per heavy atom. The third-order valence-corrected chi connectivity index (χ3v) is 6.42. The van der Waals surface area contributed by atoms with Gasteiger partial charge in [-0.2, -0.15) is 0 Å². The van der Waals surface area contributed by atoms with E-state index in [1.54, 1.807) is 0 Å². The SMILES string of the molecule is CN(C)S(=O)(=O)c1ccc(Cl)c(NC(=O)COC(=O)C2CCCCC2)c1. The van der Waals surface area contributed by atoms with Gasteiger partial charge >= 0.3 is 5.97 Å². The van der Waals surface area contributed by atoms with Crippen LogP contribution in [0.2, 0.25) is 5.02 Å². The molecule has 2 rings (SSSR count).